The molecule has 0 aromatic heterocycles. The summed E-state index contributed by atoms with van der Waals surface area (Å²) in [6, 6.07) is 8.89. The van der Waals surface area contributed by atoms with E-state index in [9.17, 15) is 14.4 Å². The summed E-state index contributed by atoms with van der Waals surface area (Å²) < 4.78 is 11.4. The number of nitrogens with zero attached hydrogens (tertiary/aromatic N) is 1. The summed E-state index contributed by atoms with van der Waals surface area (Å²) in [5.74, 6) is -1.43. The van der Waals surface area contributed by atoms with Gasteiger partial charge in [0.2, 0.25) is 5.91 Å². The van der Waals surface area contributed by atoms with E-state index in [-0.39, 0.29) is 36.9 Å². The summed E-state index contributed by atoms with van der Waals surface area (Å²) in [7, 11) is 0. The lowest BCUT2D eigenvalue weighted by atomic mass is 9.74. The quantitative estimate of drug-likeness (QED) is 0.361. The van der Waals surface area contributed by atoms with Gasteiger partial charge in [-0.05, 0) is 53.0 Å². The van der Waals surface area contributed by atoms with Crippen LogP contribution in [0.5, 0.6) is 0 Å². The predicted octanol–water partition coefficient (Wildman–Crippen LogP) is 4.63. The lowest BCUT2D eigenvalue weighted by Gasteiger charge is -2.47. The Morgan fingerprint density at radius 2 is 1.77 bits per heavy atom. The third-order valence-corrected chi connectivity index (χ3v) is 6.77. The van der Waals surface area contributed by atoms with Crippen LogP contribution in [0.25, 0.3) is 0 Å². The summed E-state index contributed by atoms with van der Waals surface area (Å²) in [5, 5.41) is 3.06. The molecule has 1 heterocycles. The molecule has 1 aromatic rings. The Morgan fingerprint density at radius 3 is 2.31 bits per heavy atom. The largest absolute Gasteiger partial charge is 0.466 e. The zero-order valence-electron chi connectivity index (χ0n) is 22.6. The Morgan fingerprint density at radius 1 is 1.11 bits per heavy atom. The first-order chi connectivity index (χ1) is 16.5. The van der Waals surface area contributed by atoms with Crippen LogP contribution < -0.4 is 5.32 Å². The molecule has 0 saturated carbocycles. The number of hydrogen-bond donors (Lipinski definition) is 1. The second-order valence-corrected chi connectivity index (χ2v) is 10.6. The molecule has 1 N–H and O–H groups in total. The SMILES string of the molecule is CCCCC[C@]1(C(C)NC(C)=O)[C@H](C(=O)OCC)C[C@H](C(=O)OC(C)(C)C)N1Cc1ccccc1. The summed E-state index contributed by atoms with van der Waals surface area (Å²) in [4.78, 5) is 41.3. The molecule has 1 amide bonds. The molecule has 0 aliphatic carbocycles. The second-order valence-electron chi connectivity index (χ2n) is 10.6. The van der Waals surface area contributed by atoms with Gasteiger partial charge in [-0.25, -0.2) is 0 Å². The molecule has 35 heavy (non-hydrogen) atoms. The molecule has 0 radical (unpaired) electrons. The van der Waals surface area contributed by atoms with E-state index in [1.807, 2.05) is 58.0 Å². The van der Waals surface area contributed by atoms with Gasteiger partial charge in [0, 0.05) is 19.5 Å². The highest BCUT2D eigenvalue weighted by atomic mass is 16.6. The number of benzene rings is 1. The zero-order valence-corrected chi connectivity index (χ0v) is 22.6. The van der Waals surface area contributed by atoms with Gasteiger partial charge in [-0.2, -0.15) is 0 Å². The van der Waals surface area contributed by atoms with Gasteiger partial charge in [-0.3, -0.25) is 19.3 Å². The van der Waals surface area contributed by atoms with Gasteiger partial charge >= 0.3 is 11.9 Å². The number of nitrogens with one attached hydrogen (secondary N) is 1. The van der Waals surface area contributed by atoms with Crippen molar-refractivity contribution in [3.8, 4) is 0 Å². The average Bonchev–Trinajstić information content (AvgIpc) is 3.08. The van der Waals surface area contributed by atoms with Crippen LogP contribution in [0.15, 0.2) is 30.3 Å². The highest BCUT2D eigenvalue weighted by Gasteiger charge is 2.61. The predicted molar refractivity (Wildman–Crippen MR) is 137 cm³/mol. The normalized spacial score (nSPS) is 23.5. The highest BCUT2D eigenvalue weighted by molar-refractivity contribution is 5.82. The third kappa shape index (κ3) is 7.29. The van der Waals surface area contributed by atoms with Gasteiger partial charge in [-0.1, -0.05) is 56.5 Å². The number of ether oxygens (including phenoxy) is 2. The Bertz CT molecular complexity index is 851. The van der Waals surface area contributed by atoms with Crippen LogP contribution in [-0.4, -0.2) is 52.6 Å². The molecule has 1 aliphatic heterocycles. The molecule has 1 aliphatic rings. The maximum Gasteiger partial charge on any atom is 0.323 e. The molecule has 196 valence electrons. The molecule has 1 fully saturated rings. The van der Waals surface area contributed by atoms with Gasteiger partial charge in [0.15, 0.2) is 0 Å². The lowest BCUT2D eigenvalue weighted by molar-refractivity contribution is -0.163. The Labute approximate surface area is 210 Å². The van der Waals surface area contributed by atoms with E-state index in [0.717, 1.165) is 24.8 Å². The van der Waals surface area contributed by atoms with E-state index in [1.165, 1.54) is 6.92 Å². The van der Waals surface area contributed by atoms with Crippen molar-refractivity contribution in [3.63, 3.8) is 0 Å². The molecule has 1 unspecified atom stereocenters. The van der Waals surface area contributed by atoms with Crippen LogP contribution in [0.2, 0.25) is 0 Å². The van der Waals surface area contributed by atoms with Crippen LogP contribution in [0.4, 0.5) is 0 Å². The topological polar surface area (TPSA) is 84.9 Å². The summed E-state index contributed by atoms with van der Waals surface area (Å²) in [6.07, 6.45) is 3.81. The first-order valence-corrected chi connectivity index (χ1v) is 12.9. The van der Waals surface area contributed by atoms with E-state index >= 15 is 0 Å². The molecule has 4 atom stereocenters. The van der Waals surface area contributed by atoms with Crippen molar-refractivity contribution < 1.29 is 23.9 Å². The van der Waals surface area contributed by atoms with E-state index in [1.54, 1.807) is 6.92 Å². The average molecular weight is 489 g/mol. The minimum atomic E-state index is -0.801. The molecular weight excluding hydrogens is 444 g/mol. The van der Waals surface area contributed by atoms with E-state index in [2.05, 4.69) is 17.1 Å². The van der Waals surface area contributed by atoms with Crippen LogP contribution in [0.1, 0.15) is 86.1 Å². The molecule has 2 rings (SSSR count). The summed E-state index contributed by atoms with van der Waals surface area (Å²) in [5.41, 5.74) is -0.434. The van der Waals surface area contributed by atoms with Gasteiger partial charge in [0.05, 0.1) is 18.1 Å². The standard InChI is InChI=1S/C28H44N2O5/c1-8-10-14-17-28(20(3)29-21(4)31)23(25(32)34-9-2)18-24(26(33)35-27(5,6)7)30(28)19-22-15-12-11-13-16-22/h11-13,15-16,20,23-24H,8-10,14,17-19H2,1-7H3,(H,29,31)/t20?,23-,24+,28-/m0/s1. The molecule has 0 bridgehead atoms. The number of likely N-dealkylation sites (tertiary alicyclic amines) is 1. The number of hydrogen-bond acceptors (Lipinski definition) is 6. The molecule has 1 aromatic carbocycles. The Hall–Kier alpha value is -2.41. The molecule has 1 saturated heterocycles. The highest BCUT2D eigenvalue weighted by Crippen LogP contribution is 2.47. The van der Waals surface area contributed by atoms with Gasteiger partial charge in [-0.15, -0.1) is 0 Å². The van der Waals surface area contributed by atoms with Crippen molar-refractivity contribution in [1.82, 2.24) is 10.2 Å². The minimum absolute atomic E-state index is 0.171. The van der Waals surface area contributed by atoms with Gasteiger partial charge in [0.1, 0.15) is 11.6 Å². The fourth-order valence-corrected chi connectivity index (χ4v) is 5.39. The second kappa shape index (κ2) is 12.5. The molecular formula is C28H44N2O5. The van der Waals surface area contributed by atoms with E-state index in [0.29, 0.717) is 13.0 Å². The molecule has 7 heteroatoms. The van der Waals surface area contributed by atoms with Gasteiger partial charge < -0.3 is 14.8 Å². The van der Waals surface area contributed by atoms with Crippen LogP contribution in [0, 0.1) is 5.92 Å². The number of carbonyl (C=O) groups is 3. The van der Waals surface area contributed by atoms with Crippen molar-refractivity contribution in [2.24, 2.45) is 5.92 Å². The number of amides is 1. The van der Waals surface area contributed by atoms with Crippen molar-refractivity contribution in [2.45, 2.75) is 110 Å². The molecule has 0 spiro atoms. The van der Waals surface area contributed by atoms with Crippen LogP contribution in [-0.2, 0) is 30.4 Å². The smallest absolute Gasteiger partial charge is 0.323 e. The van der Waals surface area contributed by atoms with Gasteiger partial charge in [0.25, 0.3) is 0 Å². The third-order valence-electron chi connectivity index (χ3n) is 6.77. The number of unbranched alkanes of at least 4 members (excludes halogenated alkanes) is 2. The first kappa shape index (κ1) is 28.8. The van der Waals surface area contributed by atoms with Crippen molar-refractivity contribution in [3.05, 3.63) is 35.9 Å². The Kier molecular flexibility index (Phi) is 10.3. The Balaban J connectivity index is 2.68. The maximum atomic E-state index is 13.5. The number of esters is 2. The monoisotopic (exact) mass is 488 g/mol. The van der Waals surface area contributed by atoms with E-state index < -0.39 is 23.1 Å². The number of rotatable bonds is 11. The first-order valence-electron chi connectivity index (χ1n) is 12.9. The van der Waals surface area contributed by atoms with Crippen molar-refractivity contribution >= 4 is 17.8 Å². The fourth-order valence-electron chi connectivity index (χ4n) is 5.39. The summed E-state index contributed by atoms with van der Waals surface area (Å²) >= 11 is 0. The lowest BCUT2D eigenvalue weighted by Crippen LogP contribution is -2.64. The summed E-state index contributed by atoms with van der Waals surface area (Å²) in [6.45, 7) is 13.6. The van der Waals surface area contributed by atoms with Crippen LogP contribution in [0.3, 0.4) is 0 Å². The van der Waals surface area contributed by atoms with E-state index in [4.69, 9.17) is 9.47 Å². The number of carbonyl (C=O) groups excluding carboxylic acids is 3. The van der Waals surface area contributed by atoms with Crippen molar-refractivity contribution in [2.75, 3.05) is 6.61 Å². The maximum absolute atomic E-state index is 13.5. The van der Waals surface area contributed by atoms with Crippen molar-refractivity contribution in [1.29, 1.82) is 0 Å². The fraction of sp³-hybridized carbons (Fsp3) is 0.679. The van der Waals surface area contributed by atoms with Crippen LogP contribution >= 0.6 is 0 Å². The molecule has 7 nitrogen and oxygen atoms in total. The minimum Gasteiger partial charge on any atom is -0.466 e. The zero-order chi connectivity index (χ0) is 26.2.